The van der Waals surface area contributed by atoms with Crippen LogP contribution in [0, 0.1) is 0 Å². The van der Waals surface area contributed by atoms with Gasteiger partial charge in [-0.1, -0.05) is 19.9 Å². The van der Waals surface area contributed by atoms with Gasteiger partial charge in [-0.05, 0) is 30.5 Å². The molecule has 2 aromatic rings. The van der Waals surface area contributed by atoms with Gasteiger partial charge >= 0.3 is 0 Å². The van der Waals surface area contributed by atoms with Crippen LogP contribution in [0.3, 0.4) is 0 Å². The zero-order valence-electron chi connectivity index (χ0n) is 14.5. The number of hydrogen-bond acceptors (Lipinski definition) is 6. The summed E-state index contributed by atoms with van der Waals surface area (Å²) in [5.74, 6) is 0.974. The van der Waals surface area contributed by atoms with Crippen molar-refractivity contribution in [2.45, 2.75) is 40.2 Å². The van der Waals surface area contributed by atoms with Crippen LogP contribution in [0.15, 0.2) is 18.2 Å². The van der Waals surface area contributed by atoms with Crippen molar-refractivity contribution in [2.24, 2.45) is 0 Å². The third kappa shape index (κ3) is 4.41. The maximum atomic E-state index is 11.3. The number of carbonyl (C=O) groups is 1. The van der Waals surface area contributed by atoms with E-state index in [0.29, 0.717) is 23.9 Å². The number of nitrogens with zero attached hydrogens (tertiary/aromatic N) is 3. The van der Waals surface area contributed by atoms with Crippen molar-refractivity contribution >= 4 is 17.5 Å². The fourth-order valence-electron chi connectivity index (χ4n) is 2.35. The zero-order chi connectivity index (χ0) is 17.5. The van der Waals surface area contributed by atoms with Crippen LogP contribution in [0.25, 0.3) is 0 Å². The number of anilines is 2. The van der Waals surface area contributed by atoms with Crippen LogP contribution in [0.5, 0.6) is 5.75 Å². The Labute approximate surface area is 141 Å². The lowest BCUT2D eigenvalue weighted by Crippen LogP contribution is -2.10. The molecule has 0 unspecified atom stereocenters. The molecule has 0 saturated heterocycles. The van der Waals surface area contributed by atoms with Crippen LogP contribution in [0.1, 0.15) is 37.7 Å². The van der Waals surface area contributed by atoms with E-state index in [1.165, 1.54) is 6.92 Å². The average Bonchev–Trinajstić information content (AvgIpc) is 2.59. The van der Waals surface area contributed by atoms with E-state index in [-0.39, 0.29) is 5.91 Å². The molecule has 128 valence electrons. The van der Waals surface area contributed by atoms with Gasteiger partial charge in [0, 0.05) is 13.5 Å². The number of methoxy groups -OCH3 is 1. The fraction of sp³-hybridized carbons (Fsp3) is 0.412. The second kappa shape index (κ2) is 8.24. The van der Waals surface area contributed by atoms with Gasteiger partial charge in [-0.15, -0.1) is 5.10 Å². The SMILES string of the molecule is CCc1nnc(NCc2ccc(OC)c(NC(C)=O)c2)nc1CC. The summed E-state index contributed by atoms with van der Waals surface area (Å²) < 4.78 is 5.25. The highest BCUT2D eigenvalue weighted by molar-refractivity contribution is 5.90. The maximum absolute atomic E-state index is 11.3. The summed E-state index contributed by atoms with van der Waals surface area (Å²) in [5.41, 5.74) is 3.50. The first-order valence-corrected chi connectivity index (χ1v) is 7.98. The van der Waals surface area contributed by atoms with Crippen LogP contribution in [-0.4, -0.2) is 28.2 Å². The summed E-state index contributed by atoms with van der Waals surface area (Å²) in [5, 5.41) is 14.3. The minimum Gasteiger partial charge on any atom is -0.495 e. The number of hydrogen-bond donors (Lipinski definition) is 2. The summed E-state index contributed by atoms with van der Waals surface area (Å²) in [4.78, 5) is 15.8. The van der Waals surface area contributed by atoms with Crippen LogP contribution < -0.4 is 15.4 Å². The zero-order valence-corrected chi connectivity index (χ0v) is 14.5. The van der Waals surface area contributed by atoms with Crippen molar-refractivity contribution < 1.29 is 9.53 Å². The van der Waals surface area contributed by atoms with Crippen molar-refractivity contribution in [3.8, 4) is 5.75 Å². The highest BCUT2D eigenvalue weighted by Crippen LogP contribution is 2.25. The van der Waals surface area contributed by atoms with Gasteiger partial charge in [-0.25, -0.2) is 4.98 Å². The van der Waals surface area contributed by atoms with Crippen LogP contribution in [0.2, 0.25) is 0 Å². The lowest BCUT2D eigenvalue weighted by molar-refractivity contribution is -0.114. The first-order valence-electron chi connectivity index (χ1n) is 7.98. The molecule has 7 nitrogen and oxygen atoms in total. The predicted molar refractivity (Wildman–Crippen MR) is 93.2 cm³/mol. The molecule has 2 rings (SSSR count). The third-order valence-corrected chi connectivity index (χ3v) is 3.53. The van der Waals surface area contributed by atoms with Crippen LogP contribution in [0.4, 0.5) is 11.6 Å². The van der Waals surface area contributed by atoms with E-state index >= 15 is 0 Å². The van der Waals surface area contributed by atoms with Crippen molar-refractivity contribution in [1.29, 1.82) is 0 Å². The first-order chi connectivity index (χ1) is 11.6. The molecule has 0 spiro atoms. The molecule has 1 amide bonds. The van der Waals surface area contributed by atoms with Crippen LogP contribution in [-0.2, 0) is 24.2 Å². The molecule has 0 fully saturated rings. The summed E-state index contributed by atoms with van der Waals surface area (Å²) in [6, 6.07) is 5.60. The van der Waals surface area contributed by atoms with Gasteiger partial charge in [-0.2, -0.15) is 5.10 Å². The van der Waals surface area contributed by atoms with Crippen molar-refractivity contribution in [3.05, 3.63) is 35.2 Å². The lowest BCUT2D eigenvalue weighted by Gasteiger charge is -2.12. The number of nitrogens with one attached hydrogen (secondary N) is 2. The van der Waals surface area contributed by atoms with E-state index in [1.54, 1.807) is 7.11 Å². The minimum absolute atomic E-state index is 0.145. The van der Waals surface area contributed by atoms with Gasteiger partial charge in [0.1, 0.15) is 5.75 Å². The molecule has 24 heavy (non-hydrogen) atoms. The van der Waals surface area contributed by atoms with Gasteiger partial charge in [0.2, 0.25) is 11.9 Å². The Morgan fingerprint density at radius 2 is 1.92 bits per heavy atom. The molecule has 0 atom stereocenters. The number of carbonyl (C=O) groups excluding carboxylic acids is 1. The Bertz CT molecular complexity index is 718. The third-order valence-electron chi connectivity index (χ3n) is 3.53. The van der Waals surface area contributed by atoms with Crippen molar-refractivity contribution in [2.75, 3.05) is 17.7 Å². The van der Waals surface area contributed by atoms with Gasteiger partial charge in [0.05, 0.1) is 24.2 Å². The number of aromatic nitrogens is 3. The maximum Gasteiger partial charge on any atom is 0.243 e. The second-order valence-corrected chi connectivity index (χ2v) is 5.31. The predicted octanol–water partition coefficient (Wildman–Crippen LogP) is 2.58. The molecule has 0 aliphatic rings. The van der Waals surface area contributed by atoms with Gasteiger partial charge < -0.3 is 15.4 Å². The molecule has 1 aromatic heterocycles. The molecule has 0 aliphatic heterocycles. The Kier molecular flexibility index (Phi) is 6.06. The molecule has 0 aliphatic carbocycles. The quantitative estimate of drug-likeness (QED) is 0.811. The Morgan fingerprint density at radius 3 is 2.54 bits per heavy atom. The number of rotatable bonds is 7. The van der Waals surface area contributed by atoms with Crippen LogP contribution >= 0.6 is 0 Å². The first kappa shape index (κ1) is 17.7. The summed E-state index contributed by atoms with van der Waals surface area (Å²) in [7, 11) is 1.57. The largest absolute Gasteiger partial charge is 0.495 e. The van der Waals surface area contributed by atoms with E-state index in [4.69, 9.17) is 4.74 Å². The Morgan fingerprint density at radius 1 is 1.17 bits per heavy atom. The molecule has 0 radical (unpaired) electrons. The van der Waals surface area contributed by atoms with E-state index in [9.17, 15) is 4.79 Å². The number of ether oxygens (including phenoxy) is 1. The Hall–Kier alpha value is -2.70. The molecule has 0 saturated carbocycles. The van der Waals surface area contributed by atoms with E-state index in [1.807, 2.05) is 25.1 Å². The molecular weight excluding hydrogens is 306 g/mol. The van der Waals surface area contributed by atoms with Gasteiger partial charge in [0.25, 0.3) is 0 Å². The van der Waals surface area contributed by atoms with Crippen molar-refractivity contribution in [1.82, 2.24) is 15.2 Å². The minimum atomic E-state index is -0.145. The van der Waals surface area contributed by atoms with E-state index in [0.717, 1.165) is 29.8 Å². The number of amides is 1. The topological polar surface area (TPSA) is 89.0 Å². The standard InChI is InChI=1S/C17H23N5O2/c1-5-13-14(6-2)21-22-17(20-13)18-10-12-7-8-16(24-4)15(9-12)19-11(3)23/h7-9H,5-6,10H2,1-4H3,(H,19,23)(H,18,20,22). The average molecular weight is 329 g/mol. The monoisotopic (exact) mass is 329 g/mol. The van der Waals surface area contributed by atoms with E-state index in [2.05, 4.69) is 32.7 Å². The normalized spacial score (nSPS) is 10.3. The van der Waals surface area contributed by atoms with E-state index < -0.39 is 0 Å². The summed E-state index contributed by atoms with van der Waals surface area (Å²) in [6.07, 6.45) is 1.64. The molecular formula is C17H23N5O2. The molecule has 1 aromatic carbocycles. The molecule has 0 bridgehead atoms. The number of benzene rings is 1. The smallest absolute Gasteiger partial charge is 0.243 e. The molecule has 7 heteroatoms. The molecule has 2 N–H and O–H groups in total. The highest BCUT2D eigenvalue weighted by Gasteiger charge is 2.08. The summed E-state index contributed by atoms with van der Waals surface area (Å²) in [6.45, 7) is 6.08. The van der Waals surface area contributed by atoms with Gasteiger partial charge in [-0.3, -0.25) is 4.79 Å². The van der Waals surface area contributed by atoms with Crippen molar-refractivity contribution in [3.63, 3.8) is 0 Å². The second-order valence-electron chi connectivity index (χ2n) is 5.31. The fourth-order valence-corrected chi connectivity index (χ4v) is 2.35. The lowest BCUT2D eigenvalue weighted by atomic mass is 10.2. The number of aryl methyl sites for hydroxylation is 2. The molecule has 1 heterocycles. The highest BCUT2D eigenvalue weighted by atomic mass is 16.5. The van der Waals surface area contributed by atoms with Gasteiger partial charge in [0.15, 0.2) is 0 Å². The summed E-state index contributed by atoms with van der Waals surface area (Å²) >= 11 is 0. The Balaban J connectivity index is 2.12.